The molecule has 178 valence electrons. The number of nitrogens with zero attached hydrogens (tertiary/aromatic N) is 1. The van der Waals surface area contributed by atoms with Crippen LogP contribution in [0.4, 0.5) is 4.39 Å². The lowest BCUT2D eigenvalue weighted by Crippen LogP contribution is -2.25. The fourth-order valence-electron chi connectivity index (χ4n) is 3.61. The molecule has 0 saturated carbocycles. The highest BCUT2D eigenvalue weighted by molar-refractivity contribution is 9.10. The lowest BCUT2D eigenvalue weighted by Gasteiger charge is -2.27. The number of ether oxygens (including phenoxy) is 4. The van der Waals surface area contributed by atoms with E-state index in [0.29, 0.717) is 33.7 Å². The summed E-state index contributed by atoms with van der Waals surface area (Å²) in [6.45, 7) is 5.54. The Morgan fingerprint density at radius 2 is 1.97 bits per heavy atom. The first-order valence-corrected chi connectivity index (χ1v) is 11.4. The fourth-order valence-corrected chi connectivity index (χ4v) is 4.19. The van der Waals surface area contributed by atoms with E-state index >= 15 is 0 Å². The van der Waals surface area contributed by atoms with Crippen LogP contribution in [0.5, 0.6) is 11.5 Å². The Morgan fingerprint density at radius 3 is 2.62 bits per heavy atom. The van der Waals surface area contributed by atoms with E-state index in [1.807, 2.05) is 13.0 Å². The molecule has 1 aliphatic rings. The number of carbonyl (C=O) groups is 1. The predicted molar refractivity (Wildman–Crippen MR) is 126 cm³/mol. The quantitative estimate of drug-likeness (QED) is 0.467. The van der Waals surface area contributed by atoms with E-state index in [1.54, 1.807) is 44.2 Å². The number of carbonyl (C=O) groups excluding carboxylic acids is 1. The first kappa shape index (κ1) is 25.1. The van der Waals surface area contributed by atoms with Gasteiger partial charge in [-0.15, -0.1) is 0 Å². The number of esters is 1. The molecule has 2 aromatic rings. The molecule has 0 bridgehead atoms. The van der Waals surface area contributed by atoms with Crippen LogP contribution in [0.15, 0.2) is 63.7 Å². The normalized spacial score (nSPS) is 15.5. The molecule has 0 spiro atoms. The molecule has 0 saturated heterocycles. The maximum atomic E-state index is 14.1. The van der Waals surface area contributed by atoms with Crippen molar-refractivity contribution in [3.05, 3.63) is 80.6 Å². The Bertz CT molecular complexity index is 1200. The standard InChI is InChI=1S/C25H24BrFN2O5/c1-4-31-20-11-16(10-18(26)23(20)33-13-15-8-6-7-9-19(15)27)22-17(12-28)24(29)34-14(3)21(22)25(30)32-5-2/h6-11,22H,4-5,13,29H2,1-3H3. The molecule has 7 nitrogen and oxygen atoms in total. The summed E-state index contributed by atoms with van der Waals surface area (Å²) >= 11 is 3.49. The van der Waals surface area contributed by atoms with Gasteiger partial charge < -0.3 is 24.7 Å². The van der Waals surface area contributed by atoms with Crippen molar-refractivity contribution in [3.63, 3.8) is 0 Å². The van der Waals surface area contributed by atoms with Gasteiger partial charge in [-0.1, -0.05) is 18.2 Å². The van der Waals surface area contributed by atoms with E-state index in [4.69, 9.17) is 24.7 Å². The predicted octanol–water partition coefficient (Wildman–Crippen LogP) is 5.21. The summed E-state index contributed by atoms with van der Waals surface area (Å²) in [5.74, 6) is -0.968. The van der Waals surface area contributed by atoms with E-state index in [9.17, 15) is 14.4 Å². The number of nitrogens with two attached hydrogens (primary N) is 1. The maximum Gasteiger partial charge on any atom is 0.338 e. The number of hydrogen-bond donors (Lipinski definition) is 1. The highest BCUT2D eigenvalue weighted by Gasteiger charge is 2.37. The summed E-state index contributed by atoms with van der Waals surface area (Å²) in [5, 5.41) is 9.80. The SMILES string of the molecule is CCOC(=O)C1=C(C)OC(N)=C(C#N)C1c1cc(Br)c(OCc2ccccc2F)c(OCC)c1. The number of hydrogen-bond acceptors (Lipinski definition) is 7. The van der Waals surface area contributed by atoms with Crippen LogP contribution in [0.25, 0.3) is 0 Å². The van der Waals surface area contributed by atoms with Gasteiger partial charge in [0.1, 0.15) is 29.8 Å². The van der Waals surface area contributed by atoms with E-state index in [-0.39, 0.29) is 41.8 Å². The van der Waals surface area contributed by atoms with Crippen LogP contribution in [-0.2, 0) is 20.9 Å². The third-order valence-corrected chi connectivity index (χ3v) is 5.68. The van der Waals surface area contributed by atoms with Gasteiger partial charge in [0, 0.05) is 5.56 Å². The van der Waals surface area contributed by atoms with Crippen molar-refractivity contribution in [1.29, 1.82) is 5.26 Å². The minimum Gasteiger partial charge on any atom is -0.490 e. The van der Waals surface area contributed by atoms with Crippen LogP contribution in [0.2, 0.25) is 0 Å². The molecule has 0 radical (unpaired) electrons. The van der Waals surface area contributed by atoms with Gasteiger partial charge in [0.15, 0.2) is 11.5 Å². The zero-order chi connectivity index (χ0) is 24.8. The van der Waals surface area contributed by atoms with Gasteiger partial charge in [-0.25, -0.2) is 9.18 Å². The first-order chi connectivity index (χ1) is 16.3. The van der Waals surface area contributed by atoms with E-state index in [0.717, 1.165) is 0 Å². The van der Waals surface area contributed by atoms with E-state index in [1.165, 1.54) is 6.07 Å². The monoisotopic (exact) mass is 530 g/mol. The largest absolute Gasteiger partial charge is 0.490 e. The van der Waals surface area contributed by atoms with Gasteiger partial charge in [-0.3, -0.25) is 0 Å². The summed E-state index contributed by atoms with van der Waals surface area (Å²) in [7, 11) is 0. The Labute approximate surface area is 205 Å². The summed E-state index contributed by atoms with van der Waals surface area (Å²) in [4.78, 5) is 12.8. The molecule has 1 aliphatic heterocycles. The molecule has 2 N–H and O–H groups in total. The molecule has 1 unspecified atom stereocenters. The highest BCUT2D eigenvalue weighted by Crippen LogP contribution is 2.45. The van der Waals surface area contributed by atoms with Crippen LogP contribution in [0.1, 0.15) is 37.8 Å². The molecule has 0 amide bonds. The maximum absolute atomic E-state index is 14.1. The van der Waals surface area contributed by atoms with Crippen LogP contribution in [-0.4, -0.2) is 19.2 Å². The Balaban J connectivity index is 2.08. The van der Waals surface area contributed by atoms with Gasteiger partial charge in [0.2, 0.25) is 5.88 Å². The average molecular weight is 531 g/mol. The van der Waals surface area contributed by atoms with Crippen LogP contribution in [0, 0.1) is 17.1 Å². The molecule has 0 fully saturated rings. The number of nitriles is 1. The number of allylic oxidation sites excluding steroid dienone is 2. The van der Waals surface area contributed by atoms with Crippen molar-refractivity contribution in [2.45, 2.75) is 33.3 Å². The zero-order valence-corrected chi connectivity index (χ0v) is 20.6. The lowest BCUT2D eigenvalue weighted by molar-refractivity contribution is -0.139. The van der Waals surface area contributed by atoms with Crippen LogP contribution in [0.3, 0.4) is 0 Å². The number of benzene rings is 2. The smallest absolute Gasteiger partial charge is 0.338 e. The van der Waals surface area contributed by atoms with Crippen molar-refractivity contribution in [2.24, 2.45) is 5.73 Å². The van der Waals surface area contributed by atoms with Crippen LogP contribution >= 0.6 is 15.9 Å². The molecule has 2 aromatic carbocycles. The summed E-state index contributed by atoms with van der Waals surface area (Å²) < 4.78 is 36.9. The molecule has 1 heterocycles. The number of rotatable bonds is 8. The minimum absolute atomic E-state index is 0.0225. The summed E-state index contributed by atoms with van der Waals surface area (Å²) in [5.41, 5.74) is 7.15. The molecule has 1 atom stereocenters. The second kappa shape index (κ2) is 11.1. The van der Waals surface area contributed by atoms with Crippen molar-refractivity contribution in [2.75, 3.05) is 13.2 Å². The van der Waals surface area contributed by atoms with Gasteiger partial charge in [0.25, 0.3) is 0 Å². The van der Waals surface area contributed by atoms with Crippen LogP contribution < -0.4 is 15.2 Å². The molecule has 0 aromatic heterocycles. The van der Waals surface area contributed by atoms with Crippen molar-refractivity contribution in [1.82, 2.24) is 0 Å². The number of halogens is 2. The molecule has 34 heavy (non-hydrogen) atoms. The third kappa shape index (κ3) is 5.18. The van der Waals surface area contributed by atoms with Crippen molar-refractivity contribution < 1.29 is 28.1 Å². The fraction of sp³-hybridized carbons (Fsp3) is 0.280. The van der Waals surface area contributed by atoms with E-state index in [2.05, 4.69) is 15.9 Å². The zero-order valence-electron chi connectivity index (χ0n) is 19.0. The van der Waals surface area contributed by atoms with Gasteiger partial charge >= 0.3 is 5.97 Å². The Hall–Kier alpha value is -3.51. The third-order valence-electron chi connectivity index (χ3n) is 5.10. The van der Waals surface area contributed by atoms with Crippen molar-refractivity contribution >= 4 is 21.9 Å². The molecular formula is C25H24BrFN2O5. The Morgan fingerprint density at radius 1 is 1.24 bits per heavy atom. The molecule has 3 rings (SSSR count). The second-order valence-electron chi connectivity index (χ2n) is 7.26. The van der Waals surface area contributed by atoms with Crippen molar-refractivity contribution in [3.8, 4) is 17.6 Å². The first-order valence-electron chi connectivity index (χ1n) is 10.6. The van der Waals surface area contributed by atoms with Gasteiger partial charge in [-0.2, -0.15) is 5.26 Å². The van der Waals surface area contributed by atoms with Gasteiger partial charge in [-0.05, 0) is 60.5 Å². The summed E-state index contributed by atoms with van der Waals surface area (Å²) in [6.07, 6.45) is 0. The second-order valence-corrected chi connectivity index (χ2v) is 8.11. The lowest BCUT2D eigenvalue weighted by atomic mass is 9.83. The molecule has 9 heteroatoms. The van der Waals surface area contributed by atoms with E-state index < -0.39 is 11.9 Å². The molecular weight excluding hydrogens is 507 g/mol. The van der Waals surface area contributed by atoms with Gasteiger partial charge in [0.05, 0.1) is 29.2 Å². The molecule has 0 aliphatic carbocycles. The minimum atomic E-state index is -0.839. The summed E-state index contributed by atoms with van der Waals surface area (Å²) in [6, 6.07) is 11.7. The average Bonchev–Trinajstić information content (AvgIpc) is 2.79. The topological polar surface area (TPSA) is 104 Å². The Kier molecular flexibility index (Phi) is 8.18. The highest BCUT2D eigenvalue weighted by atomic mass is 79.9.